The van der Waals surface area contributed by atoms with Crippen molar-refractivity contribution in [1.82, 2.24) is 15.0 Å². The van der Waals surface area contributed by atoms with Crippen LogP contribution in [0.15, 0.2) is 71.8 Å². The molecule has 2 amide bonds. The zero-order chi connectivity index (χ0) is 29.1. The molecule has 0 fully saturated rings. The maximum atomic E-state index is 12.7. The van der Waals surface area contributed by atoms with Crippen molar-refractivity contribution in [2.75, 3.05) is 13.7 Å². The van der Waals surface area contributed by atoms with E-state index < -0.39 is 22.1 Å². The molecular weight excluding hydrogens is 538 g/mol. The molecule has 0 unspecified atom stereocenters. The van der Waals surface area contributed by atoms with Gasteiger partial charge >= 0.3 is 6.16 Å². The van der Waals surface area contributed by atoms with Crippen LogP contribution in [0.2, 0.25) is 0 Å². The first-order chi connectivity index (χ1) is 19.1. The van der Waals surface area contributed by atoms with Crippen molar-refractivity contribution in [3.05, 3.63) is 83.6 Å². The van der Waals surface area contributed by atoms with Gasteiger partial charge in [-0.3, -0.25) is 9.59 Å². The molecule has 12 heteroatoms. The van der Waals surface area contributed by atoms with Crippen LogP contribution < -0.4 is 19.5 Å². The summed E-state index contributed by atoms with van der Waals surface area (Å²) in [7, 11) is -2.64. The second-order valence-electron chi connectivity index (χ2n) is 8.61. The van der Waals surface area contributed by atoms with Crippen molar-refractivity contribution in [3.8, 4) is 11.6 Å². The molecule has 11 nitrogen and oxygen atoms in total. The van der Waals surface area contributed by atoms with Gasteiger partial charge in [0.05, 0.1) is 17.6 Å². The summed E-state index contributed by atoms with van der Waals surface area (Å²) in [6, 6.07) is 15.2. The molecule has 0 saturated heterocycles. The van der Waals surface area contributed by atoms with Crippen molar-refractivity contribution in [1.29, 1.82) is 0 Å². The lowest BCUT2D eigenvalue weighted by atomic mass is 10.1. The zero-order valence-electron chi connectivity index (χ0n) is 22.4. The third kappa shape index (κ3) is 8.53. The maximum absolute atomic E-state index is 12.7. The van der Waals surface area contributed by atoms with Gasteiger partial charge in [-0.2, -0.15) is 0 Å². The molecule has 2 aromatic carbocycles. The minimum Gasteiger partial charge on any atom is -0.497 e. The highest BCUT2D eigenvalue weighted by Crippen LogP contribution is 2.15. The number of hydrogen-bond acceptors (Lipinski definition) is 9. The Morgan fingerprint density at radius 2 is 1.52 bits per heavy atom. The molecule has 0 atom stereocenters. The van der Waals surface area contributed by atoms with Gasteiger partial charge in [0.2, 0.25) is 5.88 Å². The van der Waals surface area contributed by atoms with Gasteiger partial charge in [0.25, 0.3) is 21.8 Å². The smallest absolute Gasteiger partial charge is 0.497 e. The van der Waals surface area contributed by atoms with E-state index in [1.54, 1.807) is 7.11 Å². The van der Waals surface area contributed by atoms with Gasteiger partial charge in [0.15, 0.2) is 0 Å². The number of hydrogen-bond donors (Lipinski definition) is 2. The van der Waals surface area contributed by atoms with Crippen molar-refractivity contribution in [3.63, 3.8) is 0 Å². The molecule has 40 heavy (non-hydrogen) atoms. The van der Waals surface area contributed by atoms with E-state index in [1.165, 1.54) is 36.4 Å². The van der Waals surface area contributed by atoms with Gasteiger partial charge in [-0.1, -0.05) is 26.0 Å². The SMILES string of the molecule is CCC(CC)OC(=O)Oc1ccc(C(=O)NS(=O)(=O)c2ccc(C(=O)NCCc3ccc(OC)cc3)cc2)cn1. The third-order valence-electron chi connectivity index (χ3n) is 5.87. The molecule has 0 aliphatic heterocycles. The topological polar surface area (TPSA) is 150 Å². The van der Waals surface area contributed by atoms with Crippen molar-refractivity contribution in [2.24, 2.45) is 0 Å². The fraction of sp³-hybridized carbons (Fsp3) is 0.286. The van der Waals surface area contributed by atoms with Crippen LogP contribution in [0.1, 0.15) is 53.0 Å². The number of ether oxygens (including phenoxy) is 3. The quantitative estimate of drug-likeness (QED) is 0.310. The Morgan fingerprint density at radius 3 is 2.10 bits per heavy atom. The molecule has 3 aromatic rings. The summed E-state index contributed by atoms with van der Waals surface area (Å²) in [6.07, 6.45) is 1.75. The first kappa shape index (κ1) is 30.1. The van der Waals surface area contributed by atoms with Crippen LogP contribution in [-0.2, 0) is 21.2 Å². The molecule has 1 aromatic heterocycles. The molecule has 0 bridgehead atoms. The van der Waals surface area contributed by atoms with Gasteiger partial charge in [-0.05, 0) is 67.3 Å². The normalized spacial score (nSPS) is 11.0. The highest BCUT2D eigenvalue weighted by Gasteiger charge is 2.20. The highest BCUT2D eigenvalue weighted by atomic mass is 32.2. The Balaban J connectivity index is 1.53. The summed E-state index contributed by atoms with van der Waals surface area (Å²) in [5.41, 5.74) is 1.22. The second-order valence-corrected chi connectivity index (χ2v) is 10.3. The molecule has 0 spiro atoms. The van der Waals surface area contributed by atoms with Crippen LogP contribution >= 0.6 is 0 Å². The van der Waals surface area contributed by atoms with E-state index in [-0.39, 0.29) is 33.9 Å². The summed E-state index contributed by atoms with van der Waals surface area (Å²) in [5, 5.41) is 2.78. The number of carbonyl (C=O) groups is 3. The predicted molar refractivity (Wildman–Crippen MR) is 146 cm³/mol. The highest BCUT2D eigenvalue weighted by molar-refractivity contribution is 7.90. The number of benzene rings is 2. The molecule has 1 heterocycles. The molecule has 3 rings (SSSR count). The van der Waals surface area contributed by atoms with Crippen LogP contribution in [0, 0.1) is 0 Å². The van der Waals surface area contributed by atoms with Gasteiger partial charge in [0, 0.05) is 24.4 Å². The summed E-state index contributed by atoms with van der Waals surface area (Å²) >= 11 is 0. The third-order valence-corrected chi connectivity index (χ3v) is 7.22. The number of rotatable bonds is 12. The zero-order valence-corrected chi connectivity index (χ0v) is 23.2. The van der Waals surface area contributed by atoms with E-state index in [0.29, 0.717) is 25.8 Å². The minimum absolute atomic E-state index is 0.0721. The van der Waals surface area contributed by atoms with Gasteiger partial charge < -0.3 is 19.5 Å². The minimum atomic E-state index is -4.23. The van der Waals surface area contributed by atoms with Gasteiger partial charge in [0.1, 0.15) is 11.9 Å². The fourth-order valence-electron chi connectivity index (χ4n) is 3.52. The Kier molecular flexibility index (Phi) is 10.6. The molecular formula is C28H31N3O8S. The molecule has 2 N–H and O–H groups in total. The summed E-state index contributed by atoms with van der Waals surface area (Å²) in [5.74, 6) is -0.652. The number of sulfonamides is 1. The number of methoxy groups -OCH3 is 1. The van der Waals surface area contributed by atoms with Gasteiger partial charge in [-0.25, -0.2) is 22.9 Å². The summed E-state index contributed by atoms with van der Waals surface area (Å²) in [4.78, 5) is 40.4. The van der Waals surface area contributed by atoms with Crippen molar-refractivity contribution < 1.29 is 37.0 Å². The molecule has 0 radical (unpaired) electrons. The van der Waals surface area contributed by atoms with Crippen molar-refractivity contribution >= 4 is 28.0 Å². The average molecular weight is 570 g/mol. The number of aromatic nitrogens is 1. The van der Waals surface area contributed by atoms with E-state index in [9.17, 15) is 22.8 Å². The van der Waals surface area contributed by atoms with Crippen LogP contribution in [0.25, 0.3) is 0 Å². The van der Waals surface area contributed by atoms with Crippen LogP contribution in [-0.4, -0.2) is 51.1 Å². The van der Waals surface area contributed by atoms with Gasteiger partial charge in [-0.15, -0.1) is 0 Å². The van der Waals surface area contributed by atoms with Crippen LogP contribution in [0.3, 0.4) is 0 Å². The number of amides is 2. The Labute approximate surface area is 232 Å². The van der Waals surface area contributed by atoms with Crippen LogP contribution in [0.4, 0.5) is 4.79 Å². The molecule has 212 valence electrons. The first-order valence-electron chi connectivity index (χ1n) is 12.6. The second kappa shape index (κ2) is 14.1. The Morgan fingerprint density at radius 1 is 0.875 bits per heavy atom. The lowest BCUT2D eigenvalue weighted by Crippen LogP contribution is -2.31. The monoisotopic (exact) mass is 569 g/mol. The standard InChI is InChI=1S/C28H31N3O8S/c1-4-22(5-2)38-28(34)39-25-15-10-21(18-30-25)27(33)31-40(35,36)24-13-8-20(9-14-24)26(32)29-17-16-19-6-11-23(37-3)12-7-19/h6-15,18,22H,4-5,16-17H2,1-3H3,(H,29,32)(H,31,33). The number of pyridine rings is 1. The molecule has 0 saturated carbocycles. The van der Waals surface area contributed by atoms with E-state index >= 15 is 0 Å². The molecule has 0 aliphatic carbocycles. The summed E-state index contributed by atoms with van der Waals surface area (Å²) in [6.45, 7) is 4.13. The lowest BCUT2D eigenvalue weighted by molar-refractivity contribution is 0.0538. The lowest BCUT2D eigenvalue weighted by Gasteiger charge is -2.13. The Hall–Kier alpha value is -4.45. The predicted octanol–water partition coefficient (Wildman–Crippen LogP) is 3.89. The van der Waals surface area contributed by atoms with E-state index in [0.717, 1.165) is 17.5 Å². The molecule has 0 aliphatic rings. The van der Waals surface area contributed by atoms with E-state index in [2.05, 4.69) is 10.3 Å². The number of carbonyl (C=O) groups excluding carboxylic acids is 3. The summed E-state index contributed by atoms with van der Waals surface area (Å²) < 4.78 is 42.6. The Bertz CT molecular complexity index is 1400. The number of nitrogens with one attached hydrogen (secondary N) is 2. The number of nitrogens with zero attached hydrogens (tertiary/aromatic N) is 1. The fourth-order valence-corrected chi connectivity index (χ4v) is 4.49. The van der Waals surface area contributed by atoms with Crippen LogP contribution in [0.5, 0.6) is 11.6 Å². The van der Waals surface area contributed by atoms with E-state index in [1.807, 2.05) is 42.8 Å². The average Bonchev–Trinajstić information content (AvgIpc) is 2.96. The largest absolute Gasteiger partial charge is 0.515 e. The van der Waals surface area contributed by atoms with Crippen molar-refractivity contribution in [2.45, 2.75) is 44.1 Å². The first-order valence-corrected chi connectivity index (χ1v) is 14.1. The maximum Gasteiger partial charge on any atom is 0.515 e. The van der Waals surface area contributed by atoms with E-state index in [4.69, 9.17) is 14.2 Å².